The van der Waals surface area contributed by atoms with Crippen molar-refractivity contribution in [3.05, 3.63) is 0 Å². The summed E-state index contributed by atoms with van der Waals surface area (Å²) in [6.07, 6.45) is 9.08. The lowest BCUT2D eigenvalue weighted by molar-refractivity contribution is -0.175. The Balaban J connectivity index is 0.00000216. The lowest BCUT2D eigenvalue weighted by Gasteiger charge is -2.59. The number of halogens is 1. The highest BCUT2D eigenvalue weighted by atomic mass is 35.5. The summed E-state index contributed by atoms with van der Waals surface area (Å²) in [7, 11) is 0. The second-order valence-corrected chi connectivity index (χ2v) is 13.2. The molecule has 12 atom stereocenters. The molecule has 0 amide bonds. The number of hydrogen-bond acceptors (Lipinski definition) is 4. The molecule has 182 valence electrons. The first-order chi connectivity index (χ1) is 14.7. The summed E-state index contributed by atoms with van der Waals surface area (Å²) in [5, 5.41) is 22.1. The Labute approximate surface area is 200 Å². The van der Waals surface area contributed by atoms with Crippen LogP contribution in [0.5, 0.6) is 0 Å². The lowest BCUT2D eigenvalue weighted by Crippen LogP contribution is -2.67. The first-order valence-corrected chi connectivity index (χ1v) is 13.4. The Hall–Kier alpha value is -0.160. The van der Waals surface area contributed by atoms with Gasteiger partial charge in [-0.3, -0.25) is 9.69 Å². The largest absolute Gasteiger partial charge is 0.393 e. The standard InChI is InChI=1S/C27H43NO3.ClH/c1-15-4-7-25-27(3,31)21-6-5-17-18(20(21)14-28(25)13-15)11-22-19(17)12-24(30)23-10-16(29)8-9-26(22,23)2;/h15-23,25,29,31H,4-14H2,1-3H3;1H. The van der Waals surface area contributed by atoms with E-state index in [-0.39, 0.29) is 29.8 Å². The minimum Gasteiger partial charge on any atom is -0.393 e. The van der Waals surface area contributed by atoms with Gasteiger partial charge in [-0.25, -0.2) is 0 Å². The van der Waals surface area contributed by atoms with Gasteiger partial charge in [0.25, 0.3) is 0 Å². The Bertz CT molecular complexity index is 757. The minimum absolute atomic E-state index is 0. The van der Waals surface area contributed by atoms with Crippen LogP contribution in [0.15, 0.2) is 0 Å². The van der Waals surface area contributed by atoms with Crippen molar-refractivity contribution >= 4 is 18.2 Å². The summed E-state index contributed by atoms with van der Waals surface area (Å²) in [6, 6.07) is 0.341. The van der Waals surface area contributed by atoms with Gasteiger partial charge in [0.15, 0.2) is 0 Å². The minimum atomic E-state index is -0.570. The Morgan fingerprint density at radius 3 is 2.47 bits per heavy atom. The van der Waals surface area contributed by atoms with Crippen molar-refractivity contribution in [2.75, 3.05) is 13.1 Å². The maximum absolute atomic E-state index is 13.2. The van der Waals surface area contributed by atoms with E-state index in [1.165, 1.54) is 25.8 Å². The molecule has 4 nitrogen and oxygen atoms in total. The fourth-order valence-corrected chi connectivity index (χ4v) is 10.4. The predicted octanol–water partition coefficient (Wildman–Crippen LogP) is 4.31. The SMILES string of the molecule is CC1CCC2N(C1)CC1C3CC4C(CC(=O)C5CC(O)CCC54C)C3CCC1C2(C)O.Cl. The molecule has 0 aromatic rings. The topological polar surface area (TPSA) is 60.8 Å². The molecule has 12 unspecified atom stereocenters. The van der Waals surface area contributed by atoms with Gasteiger partial charge in [-0.15, -0.1) is 12.4 Å². The van der Waals surface area contributed by atoms with Gasteiger partial charge in [0, 0.05) is 31.5 Å². The van der Waals surface area contributed by atoms with Crippen molar-refractivity contribution in [1.82, 2.24) is 4.90 Å². The monoisotopic (exact) mass is 465 g/mol. The summed E-state index contributed by atoms with van der Waals surface area (Å²) in [5.74, 6) is 4.82. The van der Waals surface area contributed by atoms with Crippen LogP contribution in [0, 0.1) is 52.8 Å². The maximum atomic E-state index is 13.2. The highest BCUT2D eigenvalue weighted by Crippen LogP contribution is 2.66. The van der Waals surface area contributed by atoms with Crippen LogP contribution in [0.25, 0.3) is 0 Å². The average Bonchev–Trinajstić information content (AvgIpc) is 3.09. The van der Waals surface area contributed by atoms with Crippen LogP contribution in [0.3, 0.4) is 0 Å². The number of ketones is 1. The summed E-state index contributed by atoms with van der Waals surface area (Å²) in [6.45, 7) is 9.23. The van der Waals surface area contributed by atoms with E-state index in [0.29, 0.717) is 53.8 Å². The number of aliphatic hydroxyl groups is 2. The molecule has 0 aromatic carbocycles. The number of rotatable bonds is 0. The molecule has 6 aliphatic rings. The van der Waals surface area contributed by atoms with Gasteiger partial charge in [-0.05, 0) is 105 Å². The zero-order chi connectivity index (χ0) is 21.7. The van der Waals surface area contributed by atoms with Crippen molar-refractivity contribution < 1.29 is 15.0 Å². The molecule has 0 bridgehead atoms. The molecular weight excluding hydrogens is 422 g/mol. The number of Topliss-reactive ketones (excluding diaryl/α,β-unsaturated/α-hetero) is 1. The van der Waals surface area contributed by atoms with Crippen LogP contribution in [0.4, 0.5) is 0 Å². The van der Waals surface area contributed by atoms with E-state index in [4.69, 9.17) is 0 Å². The smallest absolute Gasteiger partial charge is 0.136 e. The highest BCUT2D eigenvalue weighted by molar-refractivity contribution is 5.85. The zero-order valence-corrected chi connectivity index (χ0v) is 21.0. The molecule has 2 N–H and O–H groups in total. The van der Waals surface area contributed by atoms with Gasteiger partial charge in [0.05, 0.1) is 11.7 Å². The fourth-order valence-electron chi connectivity index (χ4n) is 10.4. The molecule has 2 heterocycles. The number of aliphatic hydroxyl groups excluding tert-OH is 1. The third-order valence-corrected chi connectivity index (χ3v) is 11.8. The third kappa shape index (κ3) is 3.22. The molecule has 0 radical (unpaired) electrons. The van der Waals surface area contributed by atoms with Crippen LogP contribution >= 0.6 is 12.4 Å². The summed E-state index contributed by atoms with van der Waals surface area (Å²) in [5.41, 5.74) is -0.482. The van der Waals surface area contributed by atoms with E-state index in [1.54, 1.807) is 0 Å². The molecule has 2 aliphatic heterocycles. The Morgan fingerprint density at radius 1 is 0.906 bits per heavy atom. The van der Waals surface area contributed by atoms with Gasteiger partial charge >= 0.3 is 0 Å². The van der Waals surface area contributed by atoms with E-state index in [1.807, 2.05) is 0 Å². The summed E-state index contributed by atoms with van der Waals surface area (Å²) in [4.78, 5) is 15.9. The Kier molecular flexibility index (Phi) is 5.84. The maximum Gasteiger partial charge on any atom is 0.136 e. The molecule has 32 heavy (non-hydrogen) atoms. The van der Waals surface area contributed by atoms with E-state index < -0.39 is 5.60 Å². The molecule has 6 fully saturated rings. The summed E-state index contributed by atoms with van der Waals surface area (Å²) >= 11 is 0. The quantitative estimate of drug-likeness (QED) is 0.559. The van der Waals surface area contributed by atoms with Gasteiger partial charge < -0.3 is 10.2 Å². The zero-order valence-electron chi connectivity index (χ0n) is 20.2. The van der Waals surface area contributed by atoms with E-state index >= 15 is 0 Å². The first kappa shape index (κ1) is 23.6. The number of nitrogens with zero attached hydrogens (tertiary/aromatic N) is 1. The van der Waals surface area contributed by atoms with Crippen LogP contribution in [0.1, 0.15) is 78.6 Å². The number of carbonyl (C=O) groups excluding carboxylic acids is 1. The molecule has 4 saturated carbocycles. The van der Waals surface area contributed by atoms with Crippen LogP contribution in [0.2, 0.25) is 0 Å². The number of carbonyl (C=O) groups is 1. The van der Waals surface area contributed by atoms with Gasteiger partial charge in [-0.2, -0.15) is 0 Å². The number of fused-ring (bicyclic) bond motifs is 8. The molecule has 0 aromatic heterocycles. The predicted molar refractivity (Wildman–Crippen MR) is 128 cm³/mol. The van der Waals surface area contributed by atoms with Gasteiger partial charge in [-0.1, -0.05) is 13.8 Å². The number of piperidine rings is 2. The van der Waals surface area contributed by atoms with Crippen molar-refractivity contribution in [2.45, 2.75) is 96.3 Å². The second kappa shape index (κ2) is 7.93. The van der Waals surface area contributed by atoms with Crippen molar-refractivity contribution in [1.29, 1.82) is 0 Å². The van der Waals surface area contributed by atoms with E-state index in [0.717, 1.165) is 44.6 Å². The average molecular weight is 466 g/mol. The van der Waals surface area contributed by atoms with Crippen LogP contribution < -0.4 is 0 Å². The van der Waals surface area contributed by atoms with E-state index in [9.17, 15) is 15.0 Å². The van der Waals surface area contributed by atoms with Crippen LogP contribution in [-0.2, 0) is 4.79 Å². The van der Waals surface area contributed by atoms with Crippen molar-refractivity contribution in [2.24, 2.45) is 52.8 Å². The third-order valence-electron chi connectivity index (χ3n) is 11.8. The molecule has 6 rings (SSSR count). The molecule has 5 heteroatoms. The van der Waals surface area contributed by atoms with E-state index in [2.05, 4.69) is 25.7 Å². The fraction of sp³-hybridized carbons (Fsp3) is 0.963. The lowest BCUT2D eigenvalue weighted by atomic mass is 9.51. The van der Waals surface area contributed by atoms with Crippen molar-refractivity contribution in [3.8, 4) is 0 Å². The van der Waals surface area contributed by atoms with Gasteiger partial charge in [0.1, 0.15) is 5.78 Å². The van der Waals surface area contributed by atoms with Crippen molar-refractivity contribution in [3.63, 3.8) is 0 Å². The molecular formula is C27H44ClNO3. The second-order valence-electron chi connectivity index (χ2n) is 13.2. The van der Waals surface area contributed by atoms with Crippen LogP contribution in [-0.4, -0.2) is 51.7 Å². The number of hydrogen-bond donors (Lipinski definition) is 2. The molecule has 2 saturated heterocycles. The molecule has 0 spiro atoms. The summed E-state index contributed by atoms with van der Waals surface area (Å²) < 4.78 is 0. The highest BCUT2D eigenvalue weighted by Gasteiger charge is 2.64. The molecule has 4 aliphatic carbocycles. The first-order valence-electron chi connectivity index (χ1n) is 13.4. The normalized spacial score (nSPS) is 57.3. The Morgan fingerprint density at radius 2 is 1.69 bits per heavy atom. The van der Waals surface area contributed by atoms with Gasteiger partial charge in [0.2, 0.25) is 0 Å².